The van der Waals surface area contributed by atoms with Crippen LogP contribution in [-0.2, 0) is 12.5 Å². The lowest BCUT2D eigenvalue weighted by Gasteiger charge is -2.12. The lowest BCUT2D eigenvalue weighted by atomic mass is 10.2. The van der Waals surface area contributed by atoms with E-state index in [-0.39, 0.29) is 26.5 Å². The molecule has 0 N–H and O–H groups in total. The van der Waals surface area contributed by atoms with Crippen LogP contribution >= 0.6 is 11.8 Å². The maximum absolute atomic E-state index is 13.9. The van der Waals surface area contributed by atoms with E-state index in [1.54, 1.807) is 13.8 Å². The van der Waals surface area contributed by atoms with Crippen molar-refractivity contribution < 1.29 is 26.3 Å². The van der Waals surface area contributed by atoms with Gasteiger partial charge in [0.2, 0.25) is 0 Å². The summed E-state index contributed by atoms with van der Waals surface area (Å²) in [6.45, 7) is 3.32. The van der Waals surface area contributed by atoms with Gasteiger partial charge in [-0.05, 0) is 36.9 Å². The molecule has 0 radical (unpaired) electrons. The zero-order chi connectivity index (χ0) is 21.8. The summed E-state index contributed by atoms with van der Waals surface area (Å²) >= 11 is 1.16. The summed E-state index contributed by atoms with van der Waals surface area (Å²) in [7, 11) is 0. The number of imidazole rings is 2. The lowest BCUT2D eigenvalue weighted by molar-refractivity contribution is -0.200. The summed E-state index contributed by atoms with van der Waals surface area (Å²) in [5, 5.41) is 0.263. The Hall–Kier alpha value is -2.76. The highest BCUT2D eigenvalue weighted by Crippen LogP contribution is 2.39. The molecule has 0 spiro atoms. The van der Waals surface area contributed by atoms with Gasteiger partial charge in [-0.3, -0.25) is 4.40 Å². The molecule has 5 nitrogen and oxygen atoms in total. The van der Waals surface area contributed by atoms with Crippen LogP contribution in [0.2, 0.25) is 0 Å². The molecule has 30 heavy (non-hydrogen) atoms. The molecule has 158 valence electrons. The predicted molar refractivity (Wildman–Crippen MR) is 99.1 cm³/mol. The summed E-state index contributed by atoms with van der Waals surface area (Å²) in [6.07, 6.45) is -8.31. The van der Waals surface area contributed by atoms with Crippen LogP contribution in [0.15, 0.2) is 35.5 Å². The molecule has 4 aromatic heterocycles. The van der Waals surface area contributed by atoms with Gasteiger partial charge in [-0.15, -0.1) is 24.9 Å². The van der Waals surface area contributed by atoms with E-state index in [0.717, 1.165) is 30.1 Å². The molecule has 0 bridgehead atoms. The third-order valence-corrected chi connectivity index (χ3v) is 5.25. The SMILES string of the molecule is CCSc1c(-c2nc3ccc(C)nc3n2C(F)(F)F)nc2cc(C(F)(F)F)ccn12. The Kier molecular flexibility index (Phi) is 4.71. The Labute approximate surface area is 169 Å². The number of pyridine rings is 2. The van der Waals surface area contributed by atoms with Crippen molar-refractivity contribution in [1.82, 2.24) is 23.9 Å². The average Bonchev–Trinajstić information content (AvgIpc) is 3.18. The van der Waals surface area contributed by atoms with Gasteiger partial charge in [0.25, 0.3) is 0 Å². The zero-order valence-electron chi connectivity index (χ0n) is 15.5. The van der Waals surface area contributed by atoms with Gasteiger partial charge >= 0.3 is 12.5 Å². The van der Waals surface area contributed by atoms with Crippen LogP contribution < -0.4 is 0 Å². The Morgan fingerprint density at radius 1 is 1.00 bits per heavy atom. The molecule has 0 aliphatic rings. The van der Waals surface area contributed by atoms with E-state index in [1.807, 2.05) is 0 Å². The van der Waals surface area contributed by atoms with Gasteiger partial charge in [0.15, 0.2) is 11.5 Å². The first kappa shape index (κ1) is 20.5. The highest BCUT2D eigenvalue weighted by molar-refractivity contribution is 7.99. The number of halogens is 6. The largest absolute Gasteiger partial charge is 0.491 e. The quantitative estimate of drug-likeness (QED) is 0.302. The third-order valence-electron chi connectivity index (χ3n) is 4.30. The Morgan fingerprint density at radius 3 is 2.37 bits per heavy atom. The van der Waals surface area contributed by atoms with Crippen LogP contribution in [0.5, 0.6) is 0 Å². The van der Waals surface area contributed by atoms with Crippen LogP contribution in [0.3, 0.4) is 0 Å². The molecular formula is C18H13F6N5S. The molecule has 4 rings (SSSR count). The van der Waals surface area contributed by atoms with Crippen LogP contribution in [0.4, 0.5) is 26.3 Å². The molecule has 4 heterocycles. The summed E-state index contributed by atoms with van der Waals surface area (Å²) in [4.78, 5) is 12.1. The van der Waals surface area contributed by atoms with Crippen molar-refractivity contribution in [1.29, 1.82) is 0 Å². The second-order valence-electron chi connectivity index (χ2n) is 6.37. The number of nitrogens with zero attached hydrogens (tertiary/aromatic N) is 5. The highest BCUT2D eigenvalue weighted by atomic mass is 32.2. The fraction of sp³-hybridized carbons (Fsp3) is 0.278. The molecule has 0 saturated carbocycles. The molecule has 0 amide bonds. The van der Waals surface area contributed by atoms with Gasteiger partial charge in [-0.25, -0.2) is 19.5 Å². The van der Waals surface area contributed by atoms with Crippen LogP contribution in [0, 0.1) is 6.92 Å². The molecule has 0 aromatic carbocycles. The maximum Gasteiger partial charge on any atom is 0.491 e. The van der Waals surface area contributed by atoms with Crippen molar-refractivity contribution in [2.75, 3.05) is 5.75 Å². The van der Waals surface area contributed by atoms with Crippen molar-refractivity contribution in [3.05, 3.63) is 41.7 Å². The van der Waals surface area contributed by atoms with Crippen molar-refractivity contribution in [2.45, 2.75) is 31.3 Å². The number of hydrogen-bond acceptors (Lipinski definition) is 4. The molecule has 0 aliphatic heterocycles. The zero-order valence-corrected chi connectivity index (χ0v) is 16.3. The number of aromatic nitrogens is 5. The first-order valence-corrected chi connectivity index (χ1v) is 9.65. The topological polar surface area (TPSA) is 48.0 Å². The molecule has 0 aliphatic carbocycles. The first-order chi connectivity index (χ1) is 14.0. The smallest absolute Gasteiger partial charge is 0.294 e. The molecule has 0 saturated heterocycles. The highest BCUT2D eigenvalue weighted by Gasteiger charge is 2.38. The van der Waals surface area contributed by atoms with E-state index in [1.165, 1.54) is 16.5 Å². The average molecular weight is 445 g/mol. The number of alkyl halides is 6. The van der Waals surface area contributed by atoms with Gasteiger partial charge in [-0.1, -0.05) is 6.92 Å². The number of rotatable bonds is 3. The predicted octanol–water partition coefficient (Wildman–Crippen LogP) is 5.66. The van der Waals surface area contributed by atoms with Gasteiger partial charge in [0.05, 0.1) is 5.56 Å². The van der Waals surface area contributed by atoms with Crippen molar-refractivity contribution >= 4 is 28.6 Å². The fourth-order valence-corrected chi connectivity index (χ4v) is 3.91. The Bertz CT molecular complexity index is 1250. The van der Waals surface area contributed by atoms with Gasteiger partial charge in [-0.2, -0.15) is 13.2 Å². The van der Waals surface area contributed by atoms with Gasteiger partial charge in [0.1, 0.15) is 21.9 Å². The minimum atomic E-state index is -4.86. The van der Waals surface area contributed by atoms with E-state index in [9.17, 15) is 26.3 Å². The standard InChI is InChI=1S/C18H13F6N5S/c1-3-30-16-13(27-12-8-10(17(19,20)21)6-7-28(12)16)15-26-11-5-4-9(2)25-14(11)29(15)18(22,23)24/h4-8H,3H2,1-2H3. The minimum absolute atomic E-state index is 0.00779. The minimum Gasteiger partial charge on any atom is -0.294 e. The normalized spacial score (nSPS) is 12.9. The van der Waals surface area contributed by atoms with E-state index >= 15 is 0 Å². The second-order valence-corrected chi connectivity index (χ2v) is 7.63. The summed E-state index contributed by atoms with van der Waals surface area (Å²) < 4.78 is 82.3. The monoisotopic (exact) mass is 445 g/mol. The van der Waals surface area contributed by atoms with Crippen molar-refractivity contribution in [3.8, 4) is 11.5 Å². The lowest BCUT2D eigenvalue weighted by Crippen LogP contribution is -2.18. The van der Waals surface area contributed by atoms with Crippen molar-refractivity contribution in [2.24, 2.45) is 0 Å². The molecule has 4 aromatic rings. The Morgan fingerprint density at radius 2 is 1.73 bits per heavy atom. The van der Waals surface area contributed by atoms with Crippen LogP contribution in [-0.4, -0.2) is 29.7 Å². The molecule has 12 heteroatoms. The number of hydrogen-bond donors (Lipinski definition) is 0. The first-order valence-electron chi connectivity index (χ1n) is 8.66. The van der Waals surface area contributed by atoms with Gasteiger partial charge in [0, 0.05) is 11.9 Å². The number of aryl methyl sites for hydroxylation is 1. The molecule has 0 unspecified atom stereocenters. The summed E-state index contributed by atoms with van der Waals surface area (Å²) in [5.41, 5.74) is -1.24. The number of fused-ring (bicyclic) bond motifs is 2. The van der Waals surface area contributed by atoms with E-state index < -0.39 is 29.5 Å². The maximum atomic E-state index is 13.9. The van der Waals surface area contributed by atoms with Crippen LogP contribution in [0.1, 0.15) is 18.2 Å². The second kappa shape index (κ2) is 6.89. The summed E-state index contributed by atoms with van der Waals surface area (Å²) in [5.74, 6) is -0.0605. The number of thioether (sulfide) groups is 1. The van der Waals surface area contributed by atoms with Crippen LogP contribution in [0.25, 0.3) is 28.3 Å². The van der Waals surface area contributed by atoms with Crippen molar-refractivity contribution in [3.63, 3.8) is 0 Å². The third kappa shape index (κ3) is 3.38. The Balaban J connectivity index is 2.05. The fourth-order valence-electron chi connectivity index (χ4n) is 3.07. The molecule has 0 fully saturated rings. The molecular weight excluding hydrogens is 432 g/mol. The summed E-state index contributed by atoms with van der Waals surface area (Å²) in [6, 6.07) is 4.59. The van der Waals surface area contributed by atoms with E-state index in [0.29, 0.717) is 11.4 Å². The molecule has 0 atom stereocenters. The van der Waals surface area contributed by atoms with Gasteiger partial charge < -0.3 is 0 Å². The van der Waals surface area contributed by atoms with E-state index in [2.05, 4.69) is 15.0 Å². The van der Waals surface area contributed by atoms with E-state index in [4.69, 9.17) is 0 Å².